The molecule has 0 heterocycles. The van der Waals surface area contributed by atoms with Gasteiger partial charge in [0.25, 0.3) is 0 Å². The van der Waals surface area contributed by atoms with Gasteiger partial charge in [-0.05, 0) is 24.6 Å². The zero-order valence-corrected chi connectivity index (χ0v) is 13.3. The second-order valence-corrected chi connectivity index (χ2v) is 4.35. The molecule has 0 aliphatic rings. The maximum Gasteiger partial charge on any atom is 0.234 e. The first kappa shape index (κ1) is 19.6. The molecule has 0 fully saturated rings. The summed E-state index contributed by atoms with van der Waals surface area (Å²) in [4.78, 5) is 11.7. The molecule has 0 spiro atoms. The molecule has 1 aromatic rings. The first-order valence-corrected chi connectivity index (χ1v) is 6.41. The van der Waals surface area contributed by atoms with E-state index in [0.717, 1.165) is 0 Å². The van der Waals surface area contributed by atoms with Crippen molar-refractivity contribution in [1.82, 2.24) is 10.6 Å². The van der Waals surface area contributed by atoms with Gasteiger partial charge < -0.3 is 20.1 Å². The lowest BCUT2D eigenvalue weighted by Crippen LogP contribution is -2.36. The van der Waals surface area contributed by atoms with Gasteiger partial charge in [-0.1, -0.05) is 6.07 Å². The summed E-state index contributed by atoms with van der Waals surface area (Å²) in [6, 6.07) is 4.37. The summed E-state index contributed by atoms with van der Waals surface area (Å²) < 4.78 is 23.3. The SMILES string of the molecule is COCCNCC(=O)NC(C)c1ccc(OC)c(F)c1.Cl. The van der Waals surface area contributed by atoms with Crippen molar-refractivity contribution in [3.63, 3.8) is 0 Å². The van der Waals surface area contributed by atoms with Gasteiger partial charge in [0, 0.05) is 13.7 Å². The Labute approximate surface area is 130 Å². The first-order valence-electron chi connectivity index (χ1n) is 6.41. The van der Waals surface area contributed by atoms with E-state index in [1.807, 2.05) is 0 Å². The van der Waals surface area contributed by atoms with Crippen molar-refractivity contribution in [1.29, 1.82) is 0 Å². The standard InChI is InChI=1S/C14H21FN2O3.ClH/c1-10(17-14(18)9-16-6-7-19-2)11-4-5-13(20-3)12(15)8-11;/h4-5,8,10,16H,6-7,9H2,1-3H3,(H,17,18);1H. The van der Waals surface area contributed by atoms with E-state index >= 15 is 0 Å². The Balaban J connectivity index is 0.00000400. The summed E-state index contributed by atoms with van der Waals surface area (Å²) in [5, 5.41) is 5.73. The molecule has 0 aliphatic heterocycles. The van der Waals surface area contributed by atoms with Crippen molar-refractivity contribution in [2.45, 2.75) is 13.0 Å². The Morgan fingerprint density at radius 2 is 2.10 bits per heavy atom. The molecule has 0 bridgehead atoms. The van der Waals surface area contributed by atoms with Gasteiger partial charge in [0.15, 0.2) is 11.6 Å². The van der Waals surface area contributed by atoms with E-state index in [1.54, 1.807) is 26.2 Å². The van der Waals surface area contributed by atoms with Crippen molar-refractivity contribution in [2.24, 2.45) is 0 Å². The van der Waals surface area contributed by atoms with Crippen LogP contribution in [0.15, 0.2) is 18.2 Å². The average Bonchev–Trinajstić information content (AvgIpc) is 2.43. The maximum absolute atomic E-state index is 13.6. The fourth-order valence-corrected chi connectivity index (χ4v) is 1.70. The van der Waals surface area contributed by atoms with E-state index in [-0.39, 0.29) is 36.7 Å². The van der Waals surface area contributed by atoms with Gasteiger partial charge in [-0.15, -0.1) is 12.4 Å². The summed E-state index contributed by atoms with van der Waals surface area (Å²) >= 11 is 0. The lowest BCUT2D eigenvalue weighted by Gasteiger charge is -2.15. The highest BCUT2D eigenvalue weighted by atomic mass is 35.5. The third-order valence-electron chi connectivity index (χ3n) is 2.82. The number of carbonyl (C=O) groups excluding carboxylic acids is 1. The largest absolute Gasteiger partial charge is 0.494 e. The molecular formula is C14H22ClFN2O3. The number of amides is 1. The monoisotopic (exact) mass is 320 g/mol. The van der Waals surface area contributed by atoms with Crippen LogP contribution in [-0.4, -0.2) is 39.8 Å². The molecule has 7 heteroatoms. The van der Waals surface area contributed by atoms with Crippen molar-refractivity contribution in [3.05, 3.63) is 29.6 Å². The number of carbonyl (C=O) groups is 1. The van der Waals surface area contributed by atoms with E-state index in [9.17, 15) is 9.18 Å². The predicted octanol–water partition coefficient (Wildman–Crippen LogP) is 1.67. The van der Waals surface area contributed by atoms with Gasteiger partial charge in [0.1, 0.15) is 0 Å². The zero-order valence-electron chi connectivity index (χ0n) is 12.4. The quantitative estimate of drug-likeness (QED) is 0.715. The fourth-order valence-electron chi connectivity index (χ4n) is 1.70. The van der Waals surface area contributed by atoms with E-state index < -0.39 is 5.82 Å². The minimum Gasteiger partial charge on any atom is -0.494 e. The average molecular weight is 321 g/mol. The van der Waals surface area contributed by atoms with Crippen LogP contribution in [0.4, 0.5) is 4.39 Å². The first-order chi connectivity index (χ1) is 9.58. The minimum absolute atomic E-state index is 0. The molecule has 21 heavy (non-hydrogen) atoms. The minimum atomic E-state index is -0.440. The maximum atomic E-state index is 13.6. The molecule has 1 aromatic carbocycles. The summed E-state index contributed by atoms with van der Waals surface area (Å²) in [7, 11) is 3.01. The third-order valence-corrected chi connectivity index (χ3v) is 2.82. The number of benzene rings is 1. The Morgan fingerprint density at radius 1 is 1.38 bits per heavy atom. The van der Waals surface area contributed by atoms with Gasteiger partial charge in [0.05, 0.1) is 26.3 Å². The Hall–Kier alpha value is -1.37. The number of halogens is 2. The van der Waals surface area contributed by atoms with Gasteiger partial charge in [-0.3, -0.25) is 4.79 Å². The van der Waals surface area contributed by atoms with Gasteiger partial charge >= 0.3 is 0 Å². The molecule has 1 rings (SSSR count). The number of hydrogen-bond donors (Lipinski definition) is 2. The predicted molar refractivity (Wildman–Crippen MR) is 81.5 cm³/mol. The van der Waals surface area contributed by atoms with Gasteiger partial charge in [-0.25, -0.2) is 4.39 Å². The van der Waals surface area contributed by atoms with Crippen molar-refractivity contribution in [2.75, 3.05) is 33.9 Å². The van der Waals surface area contributed by atoms with Crippen LogP contribution in [0.5, 0.6) is 5.75 Å². The normalized spacial score (nSPS) is 11.4. The number of methoxy groups -OCH3 is 2. The highest BCUT2D eigenvalue weighted by Crippen LogP contribution is 2.21. The summed E-state index contributed by atoms with van der Waals surface area (Å²) in [6.45, 7) is 3.16. The van der Waals surface area contributed by atoms with Crippen LogP contribution in [0, 0.1) is 5.82 Å². The van der Waals surface area contributed by atoms with Crippen LogP contribution in [0.1, 0.15) is 18.5 Å². The Morgan fingerprint density at radius 3 is 2.67 bits per heavy atom. The van der Waals surface area contributed by atoms with Crippen LogP contribution >= 0.6 is 12.4 Å². The lowest BCUT2D eigenvalue weighted by atomic mass is 10.1. The summed E-state index contributed by atoms with van der Waals surface area (Å²) in [6.07, 6.45) is 0. The molecular weight excluding hydrogens is 299 g/mol. The molecule has 0 radical (unpaired) electrons. The second kappa shape index (κ2) is 10.4. The molecule has 2 N–H and O–H groups in total. The molecule has 5 nitrogen and oxygen atoms in total. The highest BCUT2D eigenvalue weighted by molar-refractivity contribution is 5.85. The molecule has 1 amide bonds. The summed E-state index contributed by atoms with van der Waals surface area (Å²) in [5.74, 6) is -0.400. The highest BCUT2D eigenvalue weighted by Gasteiger charge is 2.11. The molecule has 0 aliphatic carbocycles. The van der Waals surface area contributed by atoms with Crippen molar-refractivity contribution < 1.29 is 18.7 Å². The fraction of sp³-hybridized carbons (Fsp3) is 0.500. The second-order valence-electron chi connectivity index (χ2n) is 4.35. The zero-order chi connectivity index (χ0) is 15.0. The summed E-state index contributed by atoms with van der Waals surface area (Å²) in [5.41, 5.74) is 0.688. The molecule has 120 valence electrons. The van der Waals surface area contributed by atoms with E-state index in [1.165, 1.54) is 13.2 Å². The topological polar surface area (TPSA) is 59.6 Å². The van der Waals surface area contributed by atoms with Crippen molar-refractivity contribution in [3.8, 4) is 5.75 Å². The third kappa shape index (κ3) is 6.75. The number of hydrogen-bond acceptors (Lipinski definition) is 4. The van der Waals surface area contributed by atoms with Crippen LogP contribution in [-0.2, 0) is 9.53 Å². The molecule has 0 aromatic heterocycles. The van der Waals surface area contributed by atoms with Crippen LogP contribution in [0.2, 0.25) is 0 Å². The molecule has 0 saturated carbocycles. The number of ether oxygens (including phenoxy) is 2. The lowest BCUT2D eigenvalue weighted by molar-refractivity contribution is -0.120. The van der Waals surface area contributed by atoms with Crippen LogP contribution in [0.3, 0.4) is 0 Å². The van der Waals surface area contributed by atoms with E-state index in [4.69, 9.17) is 9.47 Å². The Bertz CT molecular complexity index is 446. The van der Waals surface area contributed by atoms with Crippen LogP contribution in [0.25, 0.3) is 0 Å². The smallest absolute Gasteiger partial charge is 0.234 e. The van der Waals surface area contributed by atoms with E-state index in [0.29, 0.717) is 18.7 Å². The Kier molecular flexibility index (Phi) is 9.69. The number of rotatable bonds is 8. The van der Waals surface area contributed by atoms with Crippen molar-refractivity contribution >= 4 is 18.3 Å². The molecule has 0 saturated heterocycles. The number of nitrogens with one attached hydrogen (secondary N) is 2. The van der Waals surface area contributed by atoms with E-state index in [2.05, 4.69) is 10.6 Å². The van der Waals surface area contributed by atoms with Gasteiger partial charge in [-0.2, -0.15) is 0 Å². The molecule has 1 atom stereocenters. The van der Waals surface area contributed by atoms with Gasteiger partial charge in [0.2, 0.25) is 5.91 Å². The molecule has 1 unspecified atom stereocenters. The van der Waals surface area contributed by atoms with Crippen LogP contribution < -0.4 is 15.4 Å².